The molecule has 0 saturated carbocycles. The van der Waals surface area contributed by atoms with Crippen LogP contribution < -0.4 is 56.5 Å². The first-order valence-corrected chi connectivity index (χ1v) is 1.32. The molecule has 6 heavy (non-hydrogen) atoms. The molecule has 0 amide bonds. The van der Waals surface area contributed by atoms with Crippen LogP contribution in [0.3, 0.4) is 0 Å². The Hall–Kier alpha value is 2.79. The van der Waals surface area contributed by atoms with E-state index in [4.69, 9.17) is 0 Å². The van der Waals surface area contributed by atoms with Crippen LogP contribution in [0.15, 0.2) is 0 Å². The zero-order valence-corrected chi connectivity index (χ0v) is 8.32. The second kappa shape index (κ2) is 10.7. The Morgan fingerprint density at radius 1 is 1.67 bits per heavy atom. The molecule has 0 aliphatic rings. The molecule has 1 nitrogen and oxygen atoms in total. The van der Waals surface area contributed by atoms with E-state index in [-0.39, 0.29) is 94.2 Å². The Labute approximate surface area is 115 Å². The molecule has 0 aliphatic heterocycles. The third-order valence-electron chi connectivity index (χ3n) is 0. The van der Waals surface area contributed by atoms with Crippen LogP contribution in [-0.2, 0) is 0 Å². The maximum atomic E-state index is 9.26. The molecule has 0 aromatic rings. The maximum Gasteiger partial charge on any atom is 1.00 e. The second-order valence-corrected chi connectivity index (χ2v) is 1.07. The summed E-state index contributed by atoms with van der Waals surface area (Å²) in [5.74, 6) is 0. The van der Waals surface area contributed by atoms with Gasteiger partial charge in [0.2, 0.25) is 0 Å². The van der Waals surface area contributed by atoms with Crippen LogP contribution in [-0.4, -0.2) is 5.05 Å². The zero-order valence-electron chi connectivity index (χ0n) is 3.67. The van der Waals surface area contributed by atoms with Crippen LogP contribution in [0.5, 0.6) is 0 Å². The van der Waals surface area contributed by atoms with Crippen LogP contribution >= 0.6 is 12.2 Å². The molecule has 0 fully saturated rings. The van der Waals surface area contributed by atoms with Gasteiger partial charge in [-0.05, 0) is 6.92 Å². The van der Waals surface area contributed by atoms with Gasteiger partial charge in [-0.15, -0.1) is 12.2 Å². The average molecular weight is 154 g/mol. The second-order valence-electron chi connectivity index (χ2n) is 0.492. The van der Waals surface area contributed by atoms with Gasteiger partial charge in [0.25, 0.3) is 0 Å². The fraction of sp³-hybridized carbons (Fsp3) is 0.500. The summed E-state index contributed by atoms with van der Waals surface area (Å²) in [5.41, 5.74) is 0. The van der Waals surface area contributed by atoms with E-state index >= 15 is 0 Å². The Morgan fingerprint density at radius 2 is 1.67 bits per heavy atom. The van der Waals surface area contributed by atoms with Crippen molar-refractivity contribution in [3.63, 3.8) is 0 Å². The monoisotopic (exact) mass is 154 g/mol. The molecule has 0 bridgehead atoms. The number of hydrogen-bond acceptors (Lipinski definition) is 2. The van der Waals surface area contributed by atoms with Crippen molar-refractivity contribution in [3.05, 3.63) is 0 Å². The maximum absolute atomic E-state index is 9.26. The third kappa shape index (κ3) is 29.3. The van der Waals surface area contributed by atoms with E-state index in [0.717, 1.165) is 0 Å². The molecule has 0 radical (unpaired) electrons. The summed E-state index contributed by atoms with van der Waals surface area (Å²) < 4.78 is 0. The molecule has 0 aromatic heterocycles. The SMILES string of the molecule is CC([O-])=S.[Ar].[K+]. The fourth-order valence-corrected chi connectivity index (χ4v) is 0. The smallest absolute Gasteiger partial charge is 0.868 e. The molecule has 0 unspecified atom stereocenters. The Morgan fingerprint density at radius 3 is 1.67 bits per heavy atom. The first-order valence-electron chi connectivity index (χ1n) is 0.908. The molecule has 32 valence electrons. The van der Waals surface area contributed by atoms with E-state index in [9.17, 15) is 5.11 Å². The van der Waals surface area contributed by atoms with E-state index in [1.54, 1.807) is 0 Å². The van der Waals surface area contributed by atoms with Crippen LogP contribution in [0.4, 0.5) is 0 Å². The molecule has 0 atom stereocenters. The molecule has 0 heterocycles. The quantitative estimate of drug-likeness (QED) is 0.269. The molecule has 0 saturated heterocycles. The topological polar surface area (TPSA) is 23.1 Å². The van der Waals surface area contributed by atoms with Gasteiger partial charge < -0.3 is 5.11 Å². The summed E-state index contributed by atoms with van der Waals surface area (Å²) >= 11 is 3.98. The van der Waals surface area contributed by atoms with Gasteiger partial charge in [0.15, 0.2) is 0 Å². The Balaban J connectivity index is -0.0000000450. The van der Waals surface area contributed by atoms with E-state index in [0.29, 0.717) is 0 Å². The van der Waals surface area contributed by atoms with Crippen molar-refractivity contribution >= 4 is 17.3 Å². The van der Waals surface area contributed by atoms with Gasteiger partial charge in [-0.1, -0.05) is 5.05 Å². The molecule has 0 spiro atoms. The fourth-order valence-electron chi connectivity index (χ4n) is 0. The predicted molar refractivity (Wildman–Crippen MR) is 18.3 cm³/mol. The summed E-state index contributed by atoms with van der Waals surface area (Å²) in [7, 11) is 0. The molecule has 4 heteroatoms. The van der Waals surface area contributed by atoms with Crippen LogP contribution in [0.25, 0.3) is 0 Å². The van der Waals surface area contributed by atoms with Gasteiger partial charge in [0, 0.05) is 37.7 Å². The normalized spacial score (nSPS) is 4.17. The standard InChI is InChI=1S/C2H4OS.Ar.K/c1-2(3)4;;/h1H3,(H,3,4);;/q;;+1/p-1. The van der Waals surface area contributed by atoms with Gasteiger partial charge >= 0.3 is 51.4 Å². The van der Waals surface area contributed by atoms with E-state index < -0.39 is 0 Å². The van der Waals surface area contributed by atoms with Crippen molar-refractivity contribution in [2.24, 2.45) is 0 Å². The van der Waals surface area contributed by atoms with Crippen molar-refractivity contribution < 1.29 is 94.2 Å². The minimum atomic E-state index is -0.250. The zero-order chi connectivity index (χ0) is 3.58. The molecular formula is C2H3ArKOS. The molecule has 0 N–H and O–H groups in total. The van der Waals surface area contributed by atoms with Gasteiger partial charge in [0.1, 0.15) is 0 Å². The molecule has 0 rings (SSSR count). The summed E-state index contributed by atoms with van der Waals surface area (Å²) in [6.45, 7) is 1.34. The minimum absolute atomic E-state index is 0. The number of rotatable bonds is 0. The van der Waals surface area contributed by atoms with Crippen molar-refractivity contribution in [1.82, 2.24) is 0 Å². The van der Waals surface area contributed by atoms with E-state index in [2.05, 4.69) is 12.2 Å². The van der Waals surface area contributed by atoms with E-state index in [1.807, 2.05) is 0 Å². The average Bonchev–Trinajstić information content (AvgIpc) is 0.811. The van der Waals surface area contributed by atoms with Gasteiger partial charge in [-0.2, -0.15) is 0 Å². The molecule has 0 aliphatic carbocycles. The number of hydrogen-bond donors (Lipinski definition) is 0. The van der Waals surface area contributed by atoms with Crippen LogP contribution in [0.1, 0.15) is 6.92 Å². The van der Waals surface area contributed by atoms with Crippen molar-refractivity contribution in [2.45, 2.75) is 6.92 Å². The van der Waals surface area contributed by atoms with Crippen LogP contribution in [0.2, 0.25) is 0 Å². The third-order valence-corrected chi connectivity index (χ3v) is 0. The molecular weight excluding hydrogens is 151 g/mol. The summed E-state index contributed by atoms with van der Waals surface area (Å²) in [6.07, 6.45) is 0. The number of thiocarbonyl (C=S) groups is 1. The summed E-state index contributed by atoms with van der Waals surface area (Å²) in [5, 5.41) is 9.01. The van der Waals surface area contributed by atoms with Gasteiger partial charge in [0.05, 0.1) is 0 Å². The Bertz CT molecular complexity index is 36.5. The van der Waals surface area contributed by atoms with Crippen molar-refractivity contribution in [2.75, 3.05) is 0 Å². The van der Waals surface area contributed by atoms with Crippen LogP contribution in [0, 0.1) is 37.7 Å². The van der Waals surface area contributed by atoms with Crippen molar-refractivity contribution in [3.8, 4) is 0 Å². The molecule has 0 aromatic carbocycles. The van der Waals surface area contributed by atoms with Crippen molar-refractivity contribution in [1.29, 1.82) is 0 Å². The van der Waals surface area contributed by atoms with Gasteiger partial charge in [-0.25, -0.2) is 0 Å². The Kier molecular flexibility index (Phi) is 28.4. The van der Waals surface area contributed by atoms with E-state index in [1.165, 1.54) is 6.92 Å². The minimum Gasteiger partial charge on any atom is -0.868 e. The summed E-state index contributed by atoms with van der Waals surface area (Å²) in [6, 6.07) is 0. The predicted octanol–water partition coefficient (Wildman–Crippen LogP) is -3.30. The first-order chi connectivity index (χ1) is 1.73. The summed E-state index contributed by atoms with van der Waals surface area (Å²) in [4.78, 5) is 0. The first kappa shape index (κ1) is 15.9. The van der Waals surface area contributed by atoms with Gasteiger partial charge in [-0.3, -0.25) is 0 Å². The largest absolute Gasteiger partial charge is 1.00 e.